The molecule has 0 spiro atoms. The third kappa shape index (κ3) is 6.46. The minimum atomic E-state index is -0.133. The first-order chi connectivity index (χ1) is 12.3. The first-order valence-electron chi connectivity index (χ1n) is 8.21. The van der Waals surface area contributed by atoms with E-state index in [0.717, 1.165) is 18.0 Å². The first-order valence-corrected chi connectivity index (χ1v) is 8.21. The van der Waals surface area contributed by atoms with E-state index in [4.69, 9.17) is 9.47 Å². The van der Waals surface area contributed by atoms with E-state index < -0.39 is 0 Å². The fraction of sp³-hybridized carbons (Fsp3) is 0.333. The molecule has 0 aliphatic carbocycles. The highest BCUT2D eigenvalue weighted by molar-refractivity contribution is 5.89. The Morgan fingerprint density at radius 2 is 2.04 bits per heavy atom. The van der Waals surface area contributed by atoms with Crippen molar-refractivity contribution in [3.8, 4) is 11.5 Å². The molecule has 1 unspecified atom stereocenters. The normalized spacial score (nSPS) is 15.7. The minimum Gasteiger partial charge on any atom is -0.497 e. The number of hydrogen-bond acceptors (Lipinski definition) is 5. The number of rotatable bonds is 5. The molecule has 0 bridgehead atoms. The number of aromatic nitrogens is 1. The molecule has 2 heterocycles. The lowest BCUT2D eigenvalue weighted by Gasteiger charge is -2.35. The van der Waals surface area contributed by atoms with Crippen LogP contribution in [0.2, 0.25) is 0 Å². The van der Waals surface area contributed by atoms with Crippen LogP contribution in [0.3, 0.4) is 0 Å². The molecule has 3 rings (SSSR count). The Labute approximate surface area is 171 Å². The molecule has 1 aliphatic rings. The van der Waals surface area contributed by atoms with Gasteiger partial charge in [0.1, 0.15) is 18.1 Å². The Hall–Kier alpha value is -2.22. The van der Waals surface area contributed by atoms with Gasteiger partial charge in [-0.2, -0.15) is 0 Å². The maximum atomic E-state index is 12.6. The molecule has 2 amide bonds. The maximum Gasteiger partial charge on any atom is 0.322 e. The number of methoxy groups -OCH3 is 1. The summed E-state index contributed by atoms with van der Waals surface area (Å²) >= 11 is 0. The monoisotopic (exact) mass is 414 g/mol. The van der Waals surface area contributed by atoms with Gasteiger partial charge in [0.2, 0.25) is 0 Å². The molecule has 9 heteroatoms. The molecule has 0 saturated carbocycles. The Morgan fingerprint density at radius 3 is 2.70 bits per heavy atom. The fourth-order valence-electron chi connectivity index (χ4n) is 2.67. The second kappa shape index (κ2) is 11.5. The Morgan fingerprint density at radius 1 is 1.26 bits per heavy atom. The van der Waals surface area contributed by atoms with E-state index in [9.17, 15) is 4.79 Å². The van der Waals surface area contributed by atoms with Crippen LogP contribution in [0, 0.1) is 0 Å². The summed E-state index contributed by atoms with van der Waals surface area (Å²) in [6, 6.07) is 10.8. The lowest BCUT2D eigenvalue weighted by molar-refractivity contribution is 0.133. The van der Waals surface area contributed by atoms with Crippen LogP contribution in [0.5, 0.6) is 11.5 Å². The van der Waals surface area contributed by atoms with Crippen molar-refractivity contribution >= 4 is 36.5 Å². The average molecular weight is 415 g/mol. The van der Waals surface area contributed by atoms with Crippen LogP contribution in [0.4, 0.5) is 10.5 Å². The number of urea groups is 1. The van der Waals surface area contributed by atoms with Gasteiger partial charge >= 0.3 is 6.03 Å². The van der Waals surface area contributed by atoms with E-state index in [-0.39, 0.29) is 36.9 Å². The number of ether oxygens (including phenoxy) is 2. The summed E-state index contributed by atoms with van der Waals surface area (Å²) in [6.07, 6.45) is 3.36. The van der Waals surface area contributed by atoms with Crippen molar-refractivity contribution in [2.45, 2.75) is 6.04 Å². The number of hydrogen-bond donors (Lipinski definition) is 2. The van der Waals surface area contributed by atoms with Gasteiger partial charge in [-0.15, -0.1) is 24.8 Å². The third-order valence-electron chi connectivity index (χ3n) is 4.03. The van der Waals surface area contributed by atoms with Crippen LogP contribution in [-0.4, -0.2) is 55.3 Å². The number of nitrogens with zero attached hydrogens (tertiary/aromatic N) is 2. The lowest BCUT2D eigenvalue weighted by Crippen LogP contribution is -2.57. The zero-order valence-electron chi connectivity index (χ0n) is 15.0. The summed E-state index contributed by atoms with van der Waals surface area (Å²) in [4.78, 5) is 18.5. The predicted molar refractivity (Wildman–Crippen MR) is 110 cm³/mol. The third-order valence-corrected chi connectivity index (χ3v) is 4.03. The van der Waals surface area contributed by atoms with E-state index in [0.29, 0.717) is 25.4 Å². The lowest BCUT2D eigenvalue weighted by atomic mass is 10.2. The van der Waals surface area contributed by atoms with Crippen molar-refractivity contribution in [1.82, 2.24) is 15.2 Å². The number of nitrogens with one attached hydrogen (secondary N) is 2. The first kappa shape index (κ1) is 22.8. The number of halogens is 2. The van der Waals surface area contributed by atoms with E-state index >= 15 is 0 Å². The molecular formula is C18H24Cl2N4O3. The van der Waals surface area contributed by atoms with Crippen LogP contribution in [0.1, 0.15) is 0 Å². The zero-order chi connectivity index (χ0) is 17.5. The van der Waals surface area contributed by atoms with Gasteiger partial charge in [0, 0.05) is 31.5 Å². The largest absolute Gasteiger partial charge is 0.497 e. The fourth-order valence-corrected chi connectivity index (χ4v) is 2.67. The molecular weight excluding hydrogens is 391 g/mol. The van der Waals surface area contributed by atoms with Crippen molar-refractivity contribution in [2.24, 2.45) is 0 Å². The summed E-state index contributed by atoms with van der Waals surface area (Å²) in [5.41, 5.74) is 0.733. The Bertz CT molecular complexity index is 689. The van der Waals surface area contributed by atoms with Crippen molar-refractivity contribution in [1.29, 1.82) is 0 Å². The van der Waals surface area contributed by atoms with Crippen molar-refractivity contribution in [3.63, 3.8) is 0 Å². The van der Waals surface area contributed by atoms with Crippen LogP contribution in [0.15, 0.2) is 48.8 Å². The summed E-state index contributed by atoms with van der Waals surface area (Å²) in [5.74, 6) is 1.45. The molecule has 148 valence electrons. The number of piperazine rings is 1. The minimum absolute atomic E-state index is 0. The van der Waals surface area contributed by atoms with Gasteiger partial charge < -0.3 is 25.0 Å². The summed E-state index contributed by atoms with van der Waals surface area (Å²) < 4.78 is 10.9. The number of benzene rings is 1. The highest BCUT2D eigenvalue weighted by Crippen LogP contribution is 2.17. The number of anilines is 1. The number of carbonyl (C=O) groups excluding carboxylic acids is 1. The predicted octanol–water partition coefficient (Wildman–Crippen LogP) is 2.82. The number of pyridine rings is 1. The number of carbonyl (C=O) groups is 1. The summed E-state index contributed by atoms with van der Waals surface area (Å²) in [5, 5.41) is 6.23. The average Bonchev–Trinajstić information content (AvgIpc) is 2.68. The zero-order valence-corrected chi connectivity index (χ0v) is 16.6. The molecule has 1 aromatic heterocycles. The molecule has 1 saturated heterocycles. The van der Waals surface area contributed by atoms with Crippen molar-refractivity contribution < 1.29 is 14.3 Å². The van der Waals surface area contributed by atoms with Gasteiger partial charge in [0.05, 0.1) is 19.3 Å². The van der Waals surface area contributed by atoms with Crippen LogP contribution < -0.4 is 20.1 Å². The smallest absolute Gasteiger partial charge is 0.322 e. The quantitative estimate of drug-likeness (QED) is 0.786. The van der Waals surface area contributed by atoms with Gasteiger partial charge in [0.15, 0.2) is 0 Å². The highest BCUT2D eigenvalue weighted by Gasteiger charge is 2.27. The van der Waals surface area contributed by atoms with Gasteiger partial charge in [-0.3, -0.25) is 4.98 Å². The molecule has 7 nitrogen and oxygen atoms in total. The van der Waals surface area contributed by atoms with Crippen LogP contribution >= 0.6 is 24.8 Å². The van der Waals surface area contributed by atoms with Crippen molar-refractivity contribution in [2.75, 3.05) is 38.7 Å². The molecule has 2 N–H and O–H groups in total. The number of amides is 2. The SMILES string of the molecule is COc1ccc(NC(=O)N2CCNCC2COc2cccnc2)cc1.Cl.Cl. The summed E-state index contributed by atoms with van der Waals surface area (Å²) in [7, 11) is 1.61. The maximum absolute atomic E-state index is 12.6. The van der Waals surface area contributed by atoms with E-state index in [1.165, 1.54) is 0 Å². The molecule has 1 atom stereocenters. The van der Waals surface area contributed by atoms with Crippen LogP contribution in [0.25, 0.3) is 0 Å². The molecule has 27 heavy (non-hydrogen) atoms. The molecule has 0 radical (unpaired) electrons. The Balaban J connectivity index is 0.00000182. The van der Waals surface area contributed by atoms with E-state index in [1.54, 1.807) is 24.4 Å². The summed E-state index contributed by atoms with van der Waals surface area (Å²) in [6.45, 7) is 2.49. The van der Waals surface area contributed by atoms with Crippen molar-refractivity contribution in [3.05, 3.63) is 48.8 Å². The van der Waals surface area contributed by atoms with Gasteiger partial charge in [-0.25, -0.2) is 4.79 Å². The van der Waals surface area contributed by atoms with E-state index in [1.807, 2.05) is 36.4 Å². The van der Waals surface area contributed by atoms with Gasteiger partial charge in [-0.1, -0.05) is 0 Å². The molecule has 1 aromatic carbocycles. The second-order valence-corrected chi connectivity index (χ2v) is 5.71. The van der Waals surface area contributed by atoms with Gasteiger partial charge in [0.25, 0.3) is 0 Å². The topological polar surface area (TPSA) is 75.7 Å². The Kier molecular flexibility index (Phi) is 9.71. The second-order valence-electron chi connectivity index (χ2n) is 5.71. The molecule has 1 aliphatic heterocycles. The van der Waals surface area contributed by atoms with Gasteiger partial charge in [-0.05, 0) is 36.4 Å². The molecule has 2 aromatic rings. The molecule has 1 fully saturated rings. The highest BCUT2D eigenvalue weighted by atomic mass is 35.5. The van der Waals surface area contributed by atoms with E-state index in [2.05, 4.69) is 15.6 Å². The standard InChI is InChI=1S/C18H22N4O3.2ClH/c1-24-16-6-4-14(5-7-16)21-18(23)22-10-9-20-11-15(22)13-25-17-3-2-8-19-12-17;;/h2-8,12,15,20H,9-11,13H2,1H3,(H,21,23);2*1H. The van der Waals surface area contributed by atoms with Crippen LogP contribution in [-0.2, 0) is 0 Å².